The van der Waals surface area contributed by atoms with Gasteiger partial charge in [-0.2, -0.15) is 0 Å². The minimum atomic E-state index is -0.214. The van der Waals surface area contributed by atoms with Crippen LogP contribution in [-0.2, 0) is 4.79 Å². The minimum Gasteiger partial charge on any atom is -0.326 e. The Bertz CT molecular complexity index is 870. The summed E-state index contributed by atoms with van der Waals surface area (Å²) in [6, 6.07) is 8.35. The summed E-state index contributed by atoms with van der Waals surface area (Å²) in [4.78, 5) is 42.8. The van der Waals surface area contributed by atoms with Crippen molar-refractivity contribution in [1.82, 2.24) is 9.97 Å². The molecule has 26 heavy (non-hydrogen) atoms. The molecule has 0 radical (unpaired) electrons. The first-order valence-electron chi connectivity index (χ1n) is 8.60. The number of nitrogens with one attached hydrogen (secondary N) is 2. The van der Waals surface area contributed by atoms with E-state index in [0.717, 1.165) is 12.8 Å². The van der Waals surface area contributed by atoms with Crippen molar-refractivity contribution in [2.45, 2.75) is 37.8 Å². The lowest BCUT2D eigenvalue weighted by Crippen LogP contribution is -2.13. The number of nitrogens with zero attached hydrogens (tertiary/aromatic N) is 1. The van der Waals surface area contributed by atoms with Crippen molar-refractivity contribution in [3.05, 3.63) is 51.9 Å². The molecular weight excluding hydrogens is 350 g/mol. The van der Waals surface area contributed by atoms with Gasteiger partial charge in [0.05, 0.1) is 11.4 Å². The zero-order valence-electron chi connectivity index (χ0n) is 14.7. The molecule has 0 bridgehead atoms. The lowest BCUT2D eigenvalue weighted by molar-refractivity contribution is -0.117. The van der Waals surface area contributed by atoms with Gasteiger partial charge in [-0.1, -0.05) is 25.6 Å². The molecule has 0 unspecified atom stereocenters. The summed E-state index contributed by atoms with van der Waals surface area (Å²) in [7, 11) is 0. The fraction of sp³-hybridized carbons (Fsp3) is 0.368. The van der Waals surface area contributed by atoms with Crippen LogP contribution in [0.5, 0.6) is 0 Å². The van der Waals surface area contributed by atoms with Gasteiger partial charge in [0.1, 0.15) is 0 Å². The zero-order valence-corrected chi connectivity index (χ0v) is 15.6. The summed E-state index contributed by atoms with van der Waals surface area (Å²) >= 11 is 1.21. The second kappa shape index (κ2) is 7.86. The van der Waals surface area contributed by atoms with E-state index < -0.39 is 0 Å². The average Bonchev–Trinajstić information content (AvgIpc) is 3.45. The number of anilines is 1. The van der Waals surface area contributed by atoms with E-state index in [4.69, 9.17) is 0 Å². The van der Waals surface area contributed by atoms with Gasteiger partial charge in [-0.05, 0) is 43.0 Å². The van der Waals surface area contributed by atoms with E-state index in [0.29, 0.717) is 22.1 Å². The van der Waals surface area contributed by atoms with E-state index in [1.165, 1.54) is 17.8 Å². The summed E-state index contributed by atoms with van der Waals surface area (Å²) in [5.74, 6) is 0.445. The Morgan fingerprint density at radius 3 is 2.58 bits per heavy atom. The molecule has 1 aliphatic carbocycles. The average molecular weight is 371 g/mol. The number of hydrogen-bond donors (Lipinski definition) is 2. The smallest absolute Gasteiger partial charge is 0.251 e. The first-order chi connectivity index (χ1) is 12.4. The minimum absolute atomic E-state index is 0.0414. The molecule has 1 amide bonds. The second-order valence-corrected chi connectivity index (χ2v) is 7.65. The van der Waals surface area contributed by atoms with Crippen LogP contribution in [0.2, 0.25) is 0 Å². The Morgan fingerprint density at radius 1 is 1.27 bits per heavy atom. The largest absolute Gasteiger partial charge is 0.326 e. The Labute approximate surface area is 155 Å². The third-order valence-corrected chi connectivity index (χ3v) is 4.97. The number of carbonyl (C=O) groups excluding carboxylic acids is 2. The van der Waals surface area contributed by atoms with Gasteiger partial charge in [0.2, 0.25) is 5.91 Å². The molecule has 1 aliphatic rings. The van der Waals surface area contributed by atoms with Gasteiger partial charge in [0, 0.05) is 23.2 Å². The van der Waals surface area contributed by atoms with Crippen molar-refractivity contribution < 1.29 is 9.59 Å². The van der Waals surface area contributed by atoms with Gasteiger partial charge < -0.3 is 10.3 Å². The summed E-state index contributed by atoms with van der Waals surface area (Å²) in [6.45, 7) is 3.93. The van der Waals surface area contributed by atoms with Crippen LogP contribution in [0, 0.1) is 5.92 Å². The number of amides is 1. The Hall–Kier alpha value is -2.41. The highest BCUT2D eigenvalue weighted by molar-refractivity contribution is 7.99. The van der Waals surface area contributed by atoms with Gasteiger partial charge in [-0.15, -0.1) is 0 Å². The SMILES string of the molecule is CC(C)c1cc(=O)[nH]c(SCC(=O)c2ccc(NC(=O)C3CC3)cc2)n1. The van der Waals surface area contributed by atoms with Crippen molar-refractivity contribution in [3.8, 4) is 0 Å². The number of hydrogen-bond acceptors (Lipinski definition) is 5. The number of Topliss-reactive ketones (excluding diaryl/α,β-unsaturated/α-hetero) is 1. The number of carbonyl (C=O) groups is 2. The second-order valence-electron chi connectivity index (χ2n) is 6.68. The molecule has 1 saturated carbocycles. The molecule has 2 aromatic rings. The van der Waals surface area contributed by atoms with E-state index >= 15 is 0 Å². The van der Waals surface area contributed by atoms with Crippen LogP contribution >= 0.6 is 11.8 Å². The van der Waals surface area contributed by atoms with E-state index in [2.05, 4.69) is 15.3 Å². The van der Waals surface area contributed by atoms with Crippen LogP contribution in [0.1, 0.15) is 48.7 Å². The van der Waals surface area contributed by atoms with Crippen LogP contribution in [0.15, 0.2) is 40.3 Å². The summed E-state index contributed by atoms with van der Waals surface area (Å²) in [5.41, 5.74) is 1.75. The summed E-state index contributed by atoms with van der Waals surface area (Å²) < 4.78 is 0. The van der Waals surface area contributed by atoms with Gasteiger partial charge in [0.15, 0.2) is 10.9 Å². The van der Waals surface area contributed by atoms with Crippen LogP contribution < -0.4 is 10.9 Å². The molecule has 6 nitrogen and oxygen atoms in total. The zero-order chi connectivity index (χ0) is 18.7. The molecule has 1 aromatic carbocycles. The molecule has 0 saturated heterocycles. The van der Waals surface area contributed by atoms with Gasteiger partial charge in [-0.25, -0.2) is 4.98 Å². The molecule has 0 atom stereocenters. The summed E-state index contributed by atoms with van der Waals surface area (Å²) in [5, 5.41) is 3.29. The van der Waals surface area contributed by atoms with E-state index in [-0.39, 0.29) is 34.8 Å². The van der Waals surface area contributed by atoms with E-state index in [9.17, 15) is 14.4 Å². The quantitative estimate of drug-likeness (QED) is 0.443. The van der Waals surface area contributed by atoms with Crippen molar-refractivity contribution in [3.63, 3.8) is 0 Å². The monoisotopic (exact) mass is 371 g/mol. The number of H-pyrrole nitrogens is 1. The van der Waals surface area contributed by atoms with Crippen LogP contribution in [0.3, 0.4) is 0 Å². The topological polar surface area (TPSA) is 91.9 Å². The lowest BCUT2D eigenvalue weighted by atomic mass is 10.1. The molecule has 1 aromatic heterocycles. The molecule has 0 spiro atoms. The van der Waals surface area contributed by atoms with Crippen molar-refractivity contribution in [2.24, 2.45) is 5.92 Å². The standard InChI is InChI=1S/C19H21N3O3S/c1-11(2)15-9-17(24)22-19(21-15)26-10-16(23)12-5-7-14(8-6-12)20-18(25)13-3-4-13/h5-9,11,13H,3-4,10H2,1-2H3,(H,20,25)(H,21,22,24). The fourth-order valence-electron chi connectivity index (χ4n) is 2.36. The highest BCUT2D eigenvalue weighted by Crippen LogP contribution is 2.30. The van der Waals surface area contributed by atoms with E-state index in [1.807, 2.05) is 13.8 Å². The fourth-order valence-corrected chi connectivity index (χ4v) is 3.14. The first kappa shape index (κ1) is 18.4. The van der Waals surface area contributed by atoms with Crippen LogP contribution in [0.4, 0.5) is 5.69 Å². The number of aromatic amines is 1. The number of thioether (sulfide) groups is 1. The van der Waals surface area contributed by atoms with Crippen molar-refractivity contribution >= 4 is 29.1 Å². The lowest BCUT2D eigenvalue weighted by Gasteiger charge is -2.07. The maximum atomic E-state index is 12.3. The van der Waals surface area contributed by atoms with Crippen molar-refractivity contribution in [2.75, 3.05) is 11.1 Å². The van der Waals surface area contributed by atoms with Gasteiger partial charge in [-0.3, -0.25) is 14.4 Å². The first-order valence-corrected chi connectivity index (χ1v) is 9.59. The Kier molecular flexibility index (Phi) is 5.56. The Balaban J connectivity index is 1.59. The summed E-state index contributed by atoms with van der Waals surface area (Å²) in [6.07, 6.45) is 1.90. The molecule has 1 heterocycles. The number of rotatable bonds is 7. The third-order valence-electron chi connectivity index (χ3n) is 4.09. The molecule has 136 valence electrons. The van der Waals surface area contributed by atoms with Gasteiger partial charge in [0.25, 0.3) is 5.56 Å². The maximum Gasteiger partial charge on any atom is 0.251 e. The van der Waals surface area contributed by atoms with Crippen molar-refractivity contribution in [1.29, 1.82) is 0 Å². The van der Waals surface area contributed by atoms with Crippen LogP contribution in [0.25, 0.3) is 0 Å². The number of ketones is 1. The maximum absolute atomic E-state index is 12.3. The molecule has 3 rings (SSSR count). The predicted octanol–water partition coefficient (Wildman–Crippen LogP) is 3.22. The van der Waals surface area contributed by atoms with Crippen LogP contribution in [-0.4, -0.2) is 27.4 Å². The number of benzene rings is 1. The Morgan fingerprint density at radius 2 is 1.96 bits per heavy atom. The van der Waals surface area contributed by atoms with E-state index in [1.54, 1.807) is 24.3 Å². The molecule has 2 N–H and O–H groups in total. The molecule has 0 aliphatic heterocycles. The number of aromatic nitrogens is 2. The molecule has 7 heteroatoms. The molecular formula is C19H21N3O3S. The third kappa shape index (κ3) is 4.82. The predicted molar refractivity (Wildman–Crippen MR) is 102 cm³/mol. The van der Waals surface area contributed by atoms with Gasteiger partial charge >= 0.3 is 0 Å². The normalized spacial score (nSPS) is 13.7. The highest BCUT2D eigenvalue weighted by atomic mass is 32.2. The molecule has 1 fully saturated rings. The highest BCUT2D eigenvalue weighted by Gasteiger charge is 2.29.